The van der Waals surface area contributed by atoms with Crippen LogP contribution in [0.4, 0.5) is 28.4 Å². The van der Waals surface area contributed by atoms with Crippen molar-refractivity contribution in [2.45, 2.75) is 58.8 Å². The van der Waals surface area contributed by atoms with Gasteiger partial charge in [-0.25, -0.2) is 0 Å². The molecule has 3 nitrogen and oxygen atoms in total. The molecule has 0 bridgehead atoms. The quantitative estimate of drug-likeness (QED) is 0.136. The van der Waals surface area contributed by atoms with E-state index in [1.165, 1.54) is 66.6 Å². The van der Waals surface area contributed by atoms with Crippen molar-refractivity contribution >= 4 is 61.1 Å². The number of rotatable bonds is 10. The van der Waals surface area contributed by atoms with Gasteiger partial charge >= 0.3 is 0 Å². The van der Waals surface area contributed by atoms with Crippen molar-refractivity contribution in [3.8, 4) is 66.8 Å². The lowest BCUT2D eigenvalue weighted by Gasteiger charge is -2.36. The number of allylic oxidation sites excluding steroid dienone is 3. The minimum Gasteiger partial charge on any atom is -0.455 e. The molecule has 3 aliphatic carbocycles. The summed E-state index contributed by atoms with van der Waals surface area (Å²) in [6, 6.07) is 109. The van der Waals surface area contributed by atoms with E-state index in [0.717, 1.165) is 101 Å². The van der Waals surface area contributed by atoms with Gasteiger partial charge in [-0.3, -0.25) is 0 Å². The molecule has 17 rings (SSSR count). The summed E-state index contributed by atoms with van der Waals surface area (Å²) < 4.78 is 7.73. The molecule has 0 saturated carbocycles. The van der Waals surface area contributed by atoms with Gasteiger partial charge < -0.3 is 14.2 Å². The summed E-state index contributed by atoms with van der Waals surface area (Å²) in [6.45, 7) is 14.0. The molecule has 452 valence electrons. The first kappa shape index (κ1) is 56.9. The zero-order valence-corrected chi connectivity index (χ0v) is 54.0. The topological polar surface area (TPSA) is 19.6 Å². The highest BCUT2D eigenvalue weighted by molar-refractivity contribution is 6.23. The minimum absolute atomic E-state index is 0.0660. The lowest BCUT2D eigenvalue weighted by molar-refractivity contribution is 0.293. The van der Waals surface area contributed by atoms with Gasteiger partial charge in [-0.05, 0) is 167 Å². The molecule has 13 aromatic carbocycles. The second-order valence-electron chi connectivity index (χ2n) is 27.9. The maximum Gasteiger partial charge on any atom is 0.145 e. The Morgan fingerprint density at radius 1 is 0.372 bits per heavy atom. The highest BCUT2D eigenvalue weighted by atomic mass is 16.3. The Kier molecular flexibility index (Phi) is 13.4. The molecular formula is C91H72N2O. The molecule has 0 fully saturated rings. The number of para-hydroxylation sites is 1. The van der Waals surface area contributed by atoms with Gasteiger partial charge in [-0.2, -0.15) is 0 Å². The van der Waals surface area contributed by atoms with Crippen LogP contribution in [0.3, 0.4) is 0 Å². The monoisotopic (exact) mass is 1210 g/mol. The van der Waals surface area contributed by atoms with Gasteiger partial charge in [-0.1, -0.05) is 290 Å². The van der Waals surface area contributed by atoms with Gasteiger partial charge in [0.15, 0.2) is 0 Å². The standard InChI is InChI=1S/C91H72N2O/c1-89(2,3)65-45-49-67(50-46-65)92(80-53-43-63(59-27-11-7-12-28-59)55-74(80)61-31-15-9-16-32-61)82-57-78-85(72-38-20-19-37-71(72)82)87-79(91(78)76-40-24-21-35-69(76)70-36-22-25-41-77(70)91)58-83(86-73-39-23-26-42-84(73)94-88(86)87)93(68-51-47-66(48-52-68)90(4,5)6)81-54-44-64(60-29-13-8-14-30-60)56-75(81)62-33-17-10-18-34-62/h7-45,47-58,65H,46H2,1-6H3. The Balaban J connectivity index is 1.01. The van der Waals surface area contributed by atoms with Gasteiger partial charge in [0.1, 0.15) is 11.2 Å². The molecule has 1 heterocycles. The van der Waals surface area contributed by atoms with Crippen LogP contribution in [0.5, 0.6) is 0 Å². The van der Waals surface area contributed by atoms with Crippen molar-refractivity contribution in [2.24, 2.45) is 11.3 Å². The summed E-state index contributed by atoms with van der Waals surface area (Å²) in [4.78, 5) is 5.16. The van der Waals surface area contributed by atoms with Crippen LogP contribution in [0.25, 0.3) is 99.5 Å². The summed E-state index contributed by atoms with van der Waals surface area (Å²) >= 11 is 0. The van der Waals surface area contributed by atoms with Crippen LogP contribution < -0.4 is 9.80 Å². The van der Waals surface area contributed by atoms with Crippen molar-refractivity contribution in [2.75, 3.05) is 9.80 Å². The lowest BCUT2D eigenvalue weighted by atomic mass is 9.70. The van der Waals surface area contributed by atoms with Crippen molar-refractivity contribution in [1.29, 1.82) is 0 Å². The molecule has 1 unspecified atom stereocenters. The van der Waals surface area contributed by atoms with Crippen molar-refractivity contribution < 1.29 is 4.42 Å². The van der Waals surface area contributed by atoms with Gasteiger partial charge in [0.25, 0.3) is 0 Å². The highest BCUT2D eigenvalue weighted by Crippen LogP contribution is 2.68. The molecule has 0 N–H and O–H groups in total. The molecule has 0 saturated heterocycles. The molecule has 14 aromatic rings. The predicted octanol–water partition coefficient (Wildman–Crippen LogP) is 25.2. The molecule has 0 aliphatic heterocycles. The molecule has 0 radical (unpaired) electrons. The molecule has 3 aliphatic rings. The zero-order chi connectivity index (χ0) is 63.5. The second kappa shape index (κ2) is 22.1. The highest BCUT2D eigenvalue weighted by Gasteiger charge is 2.54. The van der Waals surface area contributed by atoms with Crippen LogP contribution >= 0.6 is 0 Å². The van der Waals surface area contributed by atoms with E-state index in [-0.39, 0.29) is 10.8 Å². The number of hydrogen-bond donors (Lipinski definition) is 0. The number of furan rings is 1. The smallest absolute Gasteiger partial charge is 0.145 e. The van der Waals surface area contributed by atoms with E-state index >= 15 is 0 Å². The van der Waals surface area contributed by atoms with E-state index in [9.17, 15) is 0 Å². The molecule has 94 heavy (non-hydrogen) atoms. The van der Waals surface area contributed by atoms with Crippen LogP contribution in [0.1, 0.15) is 75.8 Å². The molecule has 1 atom stereocenters. The number of fused-ring (bicyclic) bond motifs is 16. The summed E-state index contributed by atoms with van der Waals surface area (Å²) in [7, 11) is 0. The fourth-order valence-electron chi connectivity index (χ4n) is 15.8. The van der Waals surface area contributed by atoms with Crippen LogP contribution in [0.15, 0.2) is 320 Å². The predicted molar refractivity (Wildman–Crippen MR) is 396 cm³/mol. The maximum absolute atomic E-state index is 7.73. The Labute approximate surface area is 551 Å². The Bertz CT molecular complexity index is 5300. The fraction of sp³-hybridized carbons (Fsp3) is 0.121. The van der Waals surface area contributed by atoms with Crippen LogP contribution in [-0.2, 0) is 10.8 Å². The third-order valence-electron chi connectivity index (χ3n) is 20.4. The average Bonchev–Trinajstić information content (AvgIpc) is 1.49. The first-order valence-corrected chi connectivity index (χ1v) is 33.3. The summed E-state index contributed by atoms with van der Waals surface area (Å²) in [5.41, 5.74) is 27.7. The van der Waals surface area contributed by atoms with E-state index in [4.69, 9.17) is 4.42 Å². The first-order chi connectivity index (χ1) is 45.9. The minimum atomic E-state index is -0.834. The molecule has 3 heteroatoms. The second-order valence-corrected chi connectivity index (χ2v) is 27.9. The zero-order valence-electron chi connectivity index (χ0n) is 54.0. The van der Waals surface area contributed by atoms with Crippen LogP contribution in [0.2, 0.25) is 0 Å². The van der Waals surface area contributed by atoms with Gasteiger partial charge in [0.05, 0.1) is 33.6 Å². The van der Waals surface area contributed by atoms with Crippen molar-refractivity contribution in [3.63, 3.8) is 0 Å². The Morgan fingerprint density at radius 2 is 0.851 bits per heavy atom. The summed E-state index contributed by atoms with van der Waals surface area (Å²) in [5, 5.41) is 4.45. The fourth-order valence-corrected chi connectivity index (χ4v) is 15.8. The Hall–Kier alpha value is -11.0. The summed E-state index contributed by atoms with van der Waals surface area (Å²) in [6.07, 6.45) is 8.30. The average molecular weight is 1210 g/mol. The lowest BCUT2D eigenvalue weighted by Crippen LogP contribution is -2.27. The normalized spacial score (nSPS) is 14.4. The number of hydrogen-bond acceptors (Lipinski definition) is 3. The third kappa shape index (κ3) is 9.08. The van der Waals surface area contributed by atoms with Crippen molar-refractivity contribution in [1.82, 2.24) is 0 Å². The number of benzene rings is 13. The maximum atomic E-state index is 7.73. The van der Waals surface area contributed by atoms with Gasteiger partial charge in [0, 0.05) is 38.8 Å². The summed E-state index contributed by atoms with van der Waals surface area (Å²) in [5.74, 6) is 0.371. The van der Waals surface area contributed by atoms with E-state index in [1.807, 2.05) is 0 Å². The number of anilines is 5. The van der Waals surface area contributed by atoms with Crippen LogP contribution in [-0.4, -0.2) is 0 Å². The van der Waals surface area contributed by atoms with Gasteiger partial charge in [-0.15, -0.1) is 0 Å². The molecule has 0 amide bonds. The molecule has 1 aromatic heterocycles. The van der Waals surface area contributed by atoms with Crippen LogP contribution in [0, 0.1) is 11.3 Å². The van der Waals surface area contributed by atoms with Gasteiger partial charge in [0.2, 0.25) is 0 Å². The SMILES string of the molecule is CC(C)(C)c1ccc(N(c2ccc(-c3ccccc3)cc2-c2ccccc2)c2cc3c(c4oc5ccccc5c24)-c2c(cc(N(C4=CCC(C(C)(C)C)C=C4)c4ccc(-c5ccccc5)cc4-c4ccccc4)c4ccccc24)C32c3ccccc3-c3ccccc32)cc1. The first-order valence-electron chi connectivity index (χ1n) is 33.3. The van der Waals surface area contributed by atoms with E-state index in [1.54, 1.807) is 0 Å². The van der Waals surface area contributed by atoms with E-state index < -0.39 is 5.41 Å². The van der Waals surface area contributed by atoms with Crippen molar-refractivity contribution in [3.05, 3.63) is 343 Å². The largest absolute Gasteiger partial charge is 0.455 e. The van der Waals surface area contributed by atoms with E-state index in [0.29, 0.717) is 5.92 Å². The van der Waals surface area contributed by atoms with E-state index in [2.05, 4.69) is 361 Å². The number of nitrogens with zero attached hydrogens (tertiary/aromatic N) is 2. The molecular weight excluding hydrogens is 1140 g/mol. The third-order valence-corrected chi connectivity index (χ3v) is 20.4. The molecule has 1 spiro atoms. The Morgan fingerprint density at radius 3 is 1.39 bits per heavy atom.